The van der Waals surface area contributed by atoms with Crippen LogP contribution in [-0.2, 0) is 33.2 Å². The van der Waals surface area contributed by atoms with Gasteiger partial charge in [0.15, 0.2) is 18.9 Å². The largest absolute Gasteiger partial charge is 0.394 e. The van der Waals surface area contributed by atoms with Crippen LogP contribution in [0.1, 0.15) is 174 Å². The number of rotatable bonds is 47. The Kier molecular flexibility index (Phi) is 44.4. The van der Waals surface area contributed by atoms with Gasteiger partial charge in [0.1, 0.15) is 73.2 Å². The second kappa shape index (κ2) is 49.8. The fraction of sp³-hybridized carbons (Fsp3) is 0.696. The maximum absolute atomic E-state index is 13.4. The lowest BCUT2D eigenvalue weighted by atomic mass is 9.96. The van der Waals surface area contributed by atoms with Crippen LogP contribution in [-0.4, -0.2) is 193 Å². The Morgan fingerprint density at radius 3 is 1.27 bits per heavy atom. The summed E-state index contributed by atoms with van der Waals surface area (Å²) < 4.78 is 34.2. The Balaban J connectivity index is 1.46. The number of nitrogens with one attached hydrogen (secondary N) is 1. The monoisotopic (exact) mass is 1240 g/mol. The molecule has 0 saturated carbocycles. The summed E-state index contributed by atoms with van der Waals surface area (Å²) in [6, 6.07) is -1.01. The number of ether oxygens (including phenoxy) is 6. The molecule has 502 valence electrons. The van der Waals surface area contributed by atoms with Gasteiger partial charge in [0.2, 0.25) is 5.91 Å². The van der Waals surface area contributed by atoms with Gasteiger partial charge in [-0.1, -0.05) is 193 Å². The van der Waals surface area contributed by atoms with Gasteiger partial charge < -0.3 is 89.9 Å². The van der Waals surface area contributed by atoms with Gasteiger partial charge in [-0.15, -0.1) is 0 Å². The second-order valence-corrected chi connectivity index (χ2v) is 22.8. The summed E-state index contributed by atoms with van der Waals surface area (Å²) >= 11 is 0. The first-order valence-electron chi connectivity index (χ1n) is 32.8. The molecule has 0 spiro atoms. The van der Waals surface area contributed by atoms with E-state index in [-0.39, 0.29) is 18.9 Å². The summed E-state index contributed by atoms with van der Waals surface area (Å²) in [4.78, 5) is 13.4. The molecule has 0 aliphatic carbocycles. The summed E-state index contributed by atoms with van der Waals surface area (Å²) in [6.07, 6.45) is 40.3. The predicted octanol–water partition coefficient (Wildman–Crippen LogP) is 7.65. The van der Waals surface area contributed by atoms with Crippen LogP contribution in [0.4, 0.5) is 0 Å². The highest BCUT2D eigenvalue weighted by atomic mass is 16.8. The van der Waals surface area contributed by atoms with Crippen molar-refractivity contribution >= 4 is 5.91 Å². The fourth-order valence-corrected chi connectivity index (χ4v) is 10.2. The van der Waals surface area contributed by atoms with Crippen molar-refractivity contribution in [3.05, 3.63) is 122 Å². The molecule has 17 atom stereocenters. The Hall–Kier alpha value is -3.81. The third kappa shape index (κ3) is 32.0. The van der Waals surface area contributed by atoms with Gasteiger partial charge in [-0.2, -0.15) is 0 Å². The lowest BCUT2D eigenvalue weighted by Crippen LogP contribution is -2.66. The van der Waals surface area contributed by atoms with Crippen LogP contribution in [0, 0.1) is 0 Å². The van der Waals surface area contributed by atoms with E-state index in [1.165, 1.54) is 44.9 Å². The molecule has 19 heteroatoms. The highest BCUT2D eigenvalue weighted by molar-refractivity contribution is 5.76. The van der Waals surface area contributed by atoms with Crippen LogP contribution in [0.3, 0.4) is 0 Å². The second-order valence-electron chi connectivity index (χ2n) is 22.8. The minimum Gasteiger partial charge on any atom is -0.394 e. The van der Waals surface area contributed by atoms with E-state index in [2.05, 4.69) is 129 Å². The molecule has 19 nitrogen and oxygen atoms in total. The number of hydrogen-bond acceptors (Lipinski definition) is 18. The third-order valence-electron chi connectivity index (χ3n) is 15.5. The molecule has 1 amide bonds. The Bertz CT molecular complexity index is 2070. The van der Waals surface area contributed by atoms with Gasteiger partial charge in [-0.05, 0) is 96.3 Å². The van der Waals surface area contributed by atoms with E-state index >= 15 is 0 Å². The molecule has 12 N–H and O–H groups in total. The molecule has 3 saturated heterocycles. The molecule has 3 aliphatic heterocycles. The topological polar surface area (TPSA) is 307 Å². The average molecular weight is 1240 g/mol. The van der Waals surface area contributed by atoms with E-state index in [4.69, 9.17) is 28.4 Å². The molecule has 3 fully saturated rings. The fourth-order valence-electron chi connectivity index (χ4n) is 10.2. The lowest BCUT2D eigenvalue weighted by molar-refractivity contribution is -0.379. The quantitative estimate of drug-likeness (QED) is 0.0206. The van der Waals surface area contributed by atoms with Crippen LogP contribution in [0.2, 0.25) is 0 Å². The average Bonchev–Trinajstić information content (AvgIpc) is 2.57. The molecule has 88 heavy (non-hydrogen) atoms. The number of carbonyl (C=O) groups is 1. The van der Waals surface area contributed by atoms with Gasteiger partial charge in [0.25, 0.3) is 0 Å². The maximum atomic E-state index is 13.4. The zero-order valence-corrected chi connectivity index (χ0v) is 52.6. The lowest BCUT2D eigenvalue weighted by Gasteiger charge is -2.48. The van der Waals surface area contributed by atoms with Gasteiger partial charge in [-0.25, -0.2) is 0 Å². The standard InChI is InChI=1S/C69H113NO18/c1-3-5-7-9-11-13-15-17-19-20-21-22-23-24-25-26-27-28-29-30-31-32-33-35-37-39-41-43-45-47-57(75)70-52(53(74)46-44-42-40-38-36-34-18-16-14-12-10-8-6-4-2)51-83-67-63(81)60(78)65(55(49-72)85-67)88-69-64(82)61(79)66(56(50-73)86-69)87-68-62(80)59(77)58(76)54(48-71)84-68/h5,7,11,13,17,19,21-22,24-25,27-28,30-31,33,35-36,38,44,46,52-56,58-69,71-74,76-82H,3-4,6,8-10,12,14-16,18,20,23,26,29,32,34,37,39-43,45,47-51H2,1-2H3,(H,70,75)/b7-5-,13-11-,19-17-,22-21-,25-24-,28-27-,31-30-,35-33-,38-36+,46-44+. The van der Waals surface area contributed by atoms with E-state index in [9.17, 15) is 61.0 Å². The van der Waals surface area contributed by atoms with Crippen molar-refractivity contribution in [3.8, 4) is 0 Å². The Morgan fingerprint density at radius 1 is 0.420 bits per heavy atom. The summed E-state index contributed by atoms with van der Waals surface area (Å²) in [5, 5.41) is 120. The number of carbonyl (C=O) groups excluding carboxylic acids is 1. The summed E-state index contributed by atoms with van der Waals surface area (Å²) in [5.41, 5.74) is 0. The molecule has 3 heterocycles. The van der Waals surface area contributed by atoms with Crippen LogP contribution in [0.25, 0.3) is 0 Å². The van der Waals surface area contributed by atoms with E-state index in [0.29, 0.717) is 12.8 Å². The van der Waals surface area contributed by atoms with Crippen molar-refractivity contribution in [2.45, 2.75) is 279 Å². The molecule has 3 rings (SSSR count). The van der Waals surface area contributed by atoms with Crippen molar-refractivity contribution in [1.29, 1.82) is 0 Å². The van der Waals surface area contributed by atoms with Crippen LogP contribution in [0.15, 0.2) is 122 Å². The van der Waals surface area contributed by atoms with Crippen molar-refractivity contribution in [1.82, 2.24) is 5.32 Å². The smallest absolute Gasteiger partial charge is 0.220 e. The third-order valence-corrected chi connectivity index (χ3v) is 15.5. The minimum atomic E-state index is -1.99. The summed E-state index contributed by atoms with van der Waals surface area (Å²) in [7, 11) is 0. The van der Waals surface area contributed by atoms with Crippen LogP contribution < -0.4 is 5.32 Å². The van der Waals surface area contributed by atoms with Crippen LogP contribution >= 0.6 is 0 Å². The molecule has 0 aromatic carbocycles. The van der Waals surface area contributed by atoms with E-state index < -0.39 is 124 Å². The van der Waals surface area contributed by atoms with Gasteiger partial charge >= 0.3 is 0 Å². The molecule has 0 aromatic rings. The molecule has 0 radical (unpaired) electrons. The number of hydrogen-bond donors (Lipinski definition) is 12. The SMILES string of the molecule is CC/C=C\C/C=C\C/C=C\C/C=C\C/C=C\C/C=C\C/C=C\C/C=C\CCCCCCC(=O)NC(COC1OC(CO)C(OC2OC(CO)C(OC3OC(CO)C(O)C(O)C3O)C(O)C2O)C(O)C1O)C(O)/C=C/CC/C=C/CCCCCCCCCC. The number of aliphatic hydroxyl groups is 11. The number of aliphatic hydroxyl groups excluding tert-OH is 11. The summed E-state index contributed by atoms with van der Waals surface area (Å²) in [5.74, 6) is -0.317. The summed E-state index contributed by atoms with van der Waals surface area (Å²) in [6.45, 7) is 1.53. The number of allylic oxidation sites excluding steroid dienone is 19. The highest BCUT2D eigenvalue weighted by Crippen LogP contribution is 2.33. The normalized spacial score (nSPS) is 29.2. The predicted molar refractivity (Wildman–Crippen MR) is 341 cm³/mol. The van der Waals surface area contributed by atoms with Crippen molar-refractivity contribution in [3.63, 3.8) is 0 Å². The highest BCUT2D eigenvalue weighted by Gasteiger charge is 2.53. The van der Waals surface area contributed by atoms with E-state index in [0.717, 1.165) is 96.3 Å². The van der Waals surface area contributed by atoms with Crippen molar-refractivity contribution in [2.75, 3.05) is 26.4 Å². The van der Waals surface area contributed by atoms with Gasteiger partial charge in [-0.3, -0.25) is 4.79 Å². The van der Waals surface area contributed by atoms with E-state index in [1.54, 1.807) is 6.08 Å². The Labute approximate surface area is 525 Å². The first kappa shape index (κ1) is 78.4. The molecular formula is C69H113NO18. The molecule has 0 bridgehead atoms. The zero-order valence-electron chi connectivity index (χ0n) is 52.6. The molecule has 17 unspecified atom stereocenters. The van der Waals surface area contributed by atoms with Crippen molar-refractivity contribution < 1.29 is 89.4 Å². The minimum absolute atomic E-state index is 0.197. The van der Waals surface area contributed by atoms with Crippen molar-refractivity contribution in [2.24, 2.45) is 0 Å². The van der Waals surface area contributed by atoms with Gasteiger partial charge in [0.05, 0.1) is 38.6 Å². The zero-order chi connectivity index (χ0) is 64.0. The molecule has 3 aliphatic rings. The van der Waals surface area contributed by atoms with E-state index in [1.807, 2.05) is 6.08 Å². The first-order valence-corrected chi connectivity index (χ1v) is 32.8. The number of amides is 1. The molecular weight excluding hydrogens is 1130 g/mol. The first-order chi connectivity index (χ1) is 42.8. The Morgan fingerprint density at radius 2 is 0.795 bits per heavy atom. The van der Waals surface area contributed by atoms with Gasteiger partial charge in [0, 0.05) is 6.42 Å². The molecule has 0 aromatic heterocycles. The maximum Gasteiger partial charge on any atom is 0.220 e. The number of unbranched alkanes of at least 4 members (excludes halogenated alkanes) is 13. The van der Waals surface area contributed by atoms with Crippen LogP contribution in [0.5, 0.6) is 0 Å².